The fraction of sp³-hybridized carbons (Fsp3) is 0.833. The zero-order valence-corrected chi connectivity index (χ0v) is 5.18. The van der Waals surface area contributed by atoms with Crippen molar-refractivity contribution in [3.8, 4) is 0 Å². The smallest absolute Gasteiger partial charge is 0.312 e. The van der Waals surface area contributed by atoms with Gasteiger partial charge in [0.15, 0.2) is 0 Å². The summed E-state index contributed by atoms with van der Waals surface area (Å²) in [6.07, 6.45) is 1.16. The van der Waals surface area contributed by atoms with Gasteiger partial charge in [-0.3, -0.25) is 4.79 Å². The number of ether oxygens (including phenoxy) is 1. The Morgan fingerprint density at radius 3 is 2.50 bits per heavy atom. The number of cyclic esters (lactones) is 1. The Morgan fingerprint density at radius 2 is 2.38 bits per heavy atom. The summed E-state index contributed by atoms with van der Waals surface area (Å²) in [5.74, 6) is 0.108. The first-order valence-corrected chi connectivity index (χ1v) is 2.96. The molecule has 2 heteroatoms. The molecule has 1 aliphatic heterocycles. The highest BCUT2D eigenvalue weighted by molar-refractivity contribution is 5.77. The maximum Gasteiger partial charge on any atom is 0.312 e. The van der Waals surface area contributed by atoms with Gasteiger partial charge in [-0.25, -0.2) is 0 Å². The SMILES string of the molecule is CC[C@@H]1OC(=O)[C@@H]1C. The largest absolute Gasteiger partial charge is 0.461 e. The second kappa shape index (κ2) is 1.77. The molecule has 0 aromatic rings. The van der Waals surface area contributed by atoms with Crippen LogP contribution in [0.3, 0.4) is 0 Å². The first-order valence-electron chi connectivity index (χ1n) is 2.96. The molecular formula is C6H10O2. The van der Waals surface area contributed by atoms with Gasteiger partial charge in [0.2, 0.25) is 0 Å². The molecule has 1 heterocycles. The van der Waals surface area contributed by atoms with E-state index in [4.69, 9.17) is 4.74 Å². The van der Waals surface area contributed by atoms with E-state index in [1.54, 1.807) is 0 Å². The van der Waals surface area contributed by atoms with Crippen molar-refractivity contribution in [2.24, 2.45) is 5.92 Å². The van der Waals surface area contributed by atoms with Gasteiger partial charge in [-0.2, -0.15) is 0 Å². The third kappa shape index (κ3) is 0.602. The molecule has 1 fully saturated rings. The summed E-state index contributed by atoms with van der Waals surface area (Å²) in [6.45, 7) is 3.92. The van der Waals surface area contributed by atoms with Crippen molar-refractivity contribution >= 4 is 5.97 Å². The maximum atomic E-state index is 10.4. The molecule has 0 saturated carbocycles. The average Bonchev–Trinajstić information content (AvgIpc) is 1.81. The van der Waals surface area contributed by atoms with Gasteiger partial charge in [-0.1, -0.05) is 6.92 Å². The second-order valence-corrected chi connectivity index (χ2v) is 2.17. The molecule has 0 aliphatic carbocycles. The van der Waals surface area contributed by atoms with Crippen LogP contribution in [0.5, 0.6) is 0 Å². The lowest BCUT2D eigenvalue weighted by Crippen LogP contribution is -2.42. The Kier molecular flexibility index (Phi) is 1.24. The van der Waals surface area contributed by atoms with Gasteiger partial charge in [0.05, 0.1) is 5.92 Å². The van der Waals surface area contributed by atoms with Gasteiger partial charge in [0.1, 0.15) is 6.10 Å². The summed E-state index contributed by atoms with van der Waals surface area (Å²) in [6, 6.07) is 0. The lowest BCUT2D eigenvalue weighted by atomic mass is 9.97. The number of rotatable bonds is 1. The highest BCUT2D eigenvalue weighted by atomic mass is 16.6. The van der Waals surface area contributed by atoms with Crippen molar-refractivity contribution in [1.82, 2.24) is 0 Å². The van der Waals surface area contributed by atoms with Gasteiger partial charge in [0.25, 0.3) is 0 Å². The molecular weight excluding hydrogens is 104 g/mol. The van der Waals surface area contributed by atoms with Crippen molar-refractivity contribution in [3.63, 3.8) is 0 Å². The molecule has 2 atom stereocenters. The number of carbonyl (C=O) groups excluding carboxylic acids is 1. The van der Waals surface area contributed by atoms with Crippen LogP contribution < -0.4 is 0 Å². The van der Waals surface area contributed by atoms with E-state index >= 15 is 0 Å². The molecule has 2 nitrogen and oxygen atoms in total. The molecule has 0 bridgehead atoms. The monoisotopic (exact) mass is 114 g/mol. The quantitative estimate of drug-likeness (QED) is 0.474. The van der Waals surface area contributed by atoms with E-state index in [1.165, 1.54) is 0 Å². The summed E-state index contributed by atoms with van der Waals surface area (Å²) >= 11 is 0. The molecule has 0 radical (unpaired) electrons. The standard InChI is InChI=1S/C6H10O2/c1-3-5-4(2)6(7)8-5/h4-5H,3H2,1-2H3/t4-,5+/m1/s1. The van der Waals surface area contributed by atoms with E-state index in [-0.39, 0.29) is 18.0 Å². The molecule has 1 aliphatic rings. The van der Waals surface area contributed by atoms with E-state index in [9.17, 15) is 4.79 Å². The van der Waals surface area contributed by atoms with Crippen LogP contribution >= 0.6 is 0 Å². The number of esters is 1. The zero-order chi connectivity index (χ0) is 6.15. The van der Waals surface area contributed by atoms with E-state index in [0.29, 0.717) is 0 Å². The van der Waals surface area contributed by atoms with Crippen molar-refractivity contribution in [2.45, 2.75) is 26.4 Å². The van der Waals surface area contributed by atoms with Gasteiger partial charge in [-0.05, 0) is 13.3 Å². The van der Waals surface area contributed by atoms with Crippen LogP contribution in [0.1, 0.15) is 20.3 Å². The van der Waals surface area contributed by atoms with Crippen LogP contribution in [0.15, 0.2) is 0 Å². The molecule has 0 N–H and O–H groups in total. The van der Waals surface area contributed by atoms with E-state index in [0.717, 1.165) is 6.42 Å². The van der Waals surface area contributed by atoms with Crippen LogP contribution in [-0.4, -0.2) is 12.1 Å². The second-order valence-electron chi connectivity index (χ2n) is 2.17. The number of carbonyl (C=O) groups is 1. The van der Waals surface area contributed by atoms with Crippen LogP contribution in [0.2, 0.25) is 0 Å². The third-order valence-electron chi connectivity index (χ3n) is 1.60. The zero-order valence-electron chi connectivity index (χ0n) is 5.18. The van der Waals surface area contributed by atoms with Crippen LogP contribution in [0.4, 0.5) is 0 Å². The predicted molar refractivity (Wildman–Crippen MR) is 29.3 cm³/mol. The maximum absolute atomic E-state index is 10.4. The Bertz CT molecular complexity index is 109. The summed E-state index contributed by atoms with van der Waals surface area (Å²) in [5.41, 5.74) is 0. The first kappa shape index (κ1) is 5.60. The fourth-order valence-electron chi connectivity index (χ4n) is 0.875. The number of hydrogen-bond acceptors (Lipinski definition) is 2. The van der Waals surface area contributed by atoms with E-state index in [1.807, 2.05) is 13.8 Å². The minimum atomic E-state index is -0.0446. The van der Waals surface area contributed by atoms with Crippen LogP contribution in [-0.2, 0) is 9.53 Å². The van der Waals surface area contributed by atoms with Gasteiger partial charge >= 0.3 is 5.97 Å². The third-order valence-corrected chi connectivity index (χ3v) is 1.60. The Labute approximate surface area is 48.8 Å². The average molecular weight is 114 g/mol. The van der Waals surface area contributed by atoms with E-state index in [2.05, 4.69) is 0 Å². The first-order chi connectivity index (χ1) is 3.75. The molecule has 0 aromatic carbocycles. The highest BCUT2D eigenvalue weighted by Gasteiger charge is 2.36. The predicted octanol–water partition coefficient (Wildman–Crippen LogP) is 0.958. The molecule has 0 amide bonds. The molecule has 0 spiro atoms. The molecule has 8 heavy (non-hydrogen) atoms. The molecule has 1 rings (SSSR count). The molecule has 46 valence electrons. The fourth-order valence-corrected chi connectivity index (χ4v) is 0.875. The lowest BCUT2D eigenvalue weighted by Gasteiger charge is -2.31. The summed E-state index contributed by atoms with van der Waals surface area (Å²) in [4.78, 5) is 10.4. The molecule has 1 saturated heterocycles. The molecule has 0 unspecified atom stereocenters. The normalized spacial score (nSPS) is 36.0. The summed E-state index contributed by atoms with van der Waals surface area (Å²) in [5, 5.41) is 0. The number of hydrogen-bond donors (Lipinski definition) is 0. The lowest BCUT2D eigenvalue weighted by molar-refractivity contribution is -0.182. The summed E-state index contributed by atoms with van der Waals surface area (Å²) < 4.78 is 4.76. The Balaban J connectivity index is 2.35. The minimum Gasteiger partial charge on any atom is -0.461 e. The van der Waals surface area contributed by atoms with Crippen molar-refractivity contribution in [1.29, 1.82) is 0 Å². The summed E-state index contributed by atoms with van der Waals surface area (Å²) in [7, 11) is 0. The van der Waals surface area contributed by atoms with Gasteiger partial charge in [-0.15, -0.1) is 0 Å². The van der Waals surface area contributed by atoms with Crippen molar-refractivity contribution in [3.05, 3.63) is 0 Å². The van der Waals surface area contributed by atoms with E-state index < -0.39 is 0 Å². The topological polar surface area (TPSA) is 26.3 Å². The highest BCUT2D eigenvalue weighted by Crippen LogP contribution is 2.23. The minimum absolute atomic E-state index is 0.0446. The van der Waals surface area contributed by atoms with Crippen LogP contribution in [0.25, 0.3) is 0 Å². The van der Waals surface area contributed by atoms with Gasteiger partial charge in [0, 0.05) is 0 Å². The Hall–Kier alpha value is -0.530. The van der Waals surface area contributed by atoms with Crippen molar-refractivity contribution in [2.75, 3.05) is 0 Å². The van der Waals surface area contributed by atoms with Gasteiger partial charge < -0.3 is 4.74 Å². The van der Waals surface area contributed by atoms with Crippen molar-refractivity contribution < 1.29 is 9.53 Å². The van der Waals surface area contributed by atoms with Crippen LogP contribution in [0, 0.1) is 5.92 Å². The Morgan fingerprint density at radius 1 is 1.75 bits per heavy atom. The molecule has 0 aromatic heterocycles.